The molecule has 0 aliphatic heterocycles. The standard InChI is InChI=1S/C19H31N3/c1-2-11-19(16-20-17-12-9-6-10-13-17)22-21-18-14-7-4-3-5-8-15-18/h3-4,8,14-15,17,20-21H,2,5-7,9-13,16H2,1H3/b4-3-,15-8?,18-14+,22-19+. The Balaban J connectivity index is 1.84. The maximum absolute atomic E-state index is 4.65. The minimum Gasteiger partial charge on any atom is -0.309 e. The second-order valence-electron chi connectivity index (χ2n) is 6.26. The monoisotopic (exact) mass is 301 g/mol. The minimum atomic E-state index is 0.696. The summed E-state index contributed by atoms with van der Waals surface area (Å²) < 4.78 is 0. The summed E-state index contributed by atoms with van der Waals surface area (Å²) in [6, 6.07) is 0.696. The lowest BCUT2D eigenvalue weighted by molar-refractivity contribution is 0.387. The minimum absolute atomic E-state index is 0.696. The third kappa shape index (κ3) is 6.61. The van der Waals surface area contributed by atoms with E-state index in [1.165, 1.54) is 37.8 Å². The predicted molar refractivity (Wildman–Crippen MR) is 96.0 cm³/mol. The smallest absolute Gasteiger partial charge is 0.0521 e. The quantitative estimate of drug-likeness (QED) is 0.414. The molecule has 2 aliphatic carbocycles. The van der Waals surface area contributed by atoms with E-state index in [9.17, 15) is 0 Å². The van der Waals surface area contributed by atoms with Gasteiger partial charge >= 0.3 is 0 Å². The summed E-state index contributed by atoms with van der Waals surface area (Å²) in [4.78, 5) is 0. The molecule has 1 saturated carbocycles. The van der Waals surface area contributed by atoms with Gasteiger partial charge in [0.25, 0.3) is 0 Å². The van der Waals surface area contributed by atoms with E-state index in [-0.39, 0.29) is 0 Å². The van der Waals surface area contributed by atoms with Gasteiger partial charge in [-0.25, -0.2) is 0 Å². The molecule has 3 nitrogen and oxygen atoms in total. The number of hydrogen-bond acceptors (Lipinski definition) is 3. The van der Waals surface area contributed by atoms with Crippen molar-refractivity contribution >= 4 is 5.71 Å². The van der Waals surface area contributed by atoms with E-state index in [1.54, 1.807) is 0 Å². The second-order valence-corrected chi connectivity index (χ2v) is 6.26. The fourth-order valence-electron chi connectivity index (χ4n) is 3.00. The lowest BCUT2D eigenvalue weighted by Gasteiger charge is -2.23. The molecule has 3 heteroatoms. The largest absolute Gasteiger partial charge is 0.309 e. The zero-order valence-corrected chi connectivity index (χ0v) is 14.0. The van der Waals surface area contributed by atoms with Crippen LogP contribution in [-0.2, 0) is 0 Å². The number of hydrogen-bond donors (Lipinski definition) is 2. The maximum Gasteiger partial charge on any atom is 0.0521 e. The highest BCUT2D eigenvalue weighted by Gasteiger charge is 2.13. The molecule has 1 fully saturated rings. The SMILES string of the molecule is CCC/C(CNC1CCCCC1)=N\N/C1=C/C/C=C\CC=C1. The number of allylic oxidation sites excluding steroid dienone is 5. The molecule has 2 aliphatic rings. The van der Waals surface area contributed by atoms with E-state index in [1.807, 2.05) is 0 Å². The summed E-state index contributed by atoms with van der Waals surface area (Å²) in [5, 5.41) is 8.35. The zero-order valence-electron chi connectivity index (χ0n) is 14.0. The Hall–Kier alpha value is -1.35. The van der Waals surface area contributed by atoms with Crippen LogP contribution in [0.15, 0.2) is 41.2 Å². The van der Waals surface area contributed by atoms with Crippen LogP contribution in [0.1, 0.15) is 64.7 Å². The molecule has 0 amide bonds. The zero-order chi connectivity index (χ0) is 15.5. The molecule has 0 aromatic carbocycles. The van der Waals surface area contributed by atoms with Crippen molar-refractivity contribution in [1.82, 2.24) is 10.7 Å². The van der Waals surface area contributed by atoms with E-state index in [2.05, 4.69) is 53.1 Å². The summed E-state index contributed by atoms with van der Waals surface area (Å²) >= 11 is 0. The topological polar surface area (TPSA) is 36.4 Å². The lowest BCUT2D eigenvalue weighted by atomic mass is 9.95. The molecular weight excluding hydrogens is 270 g/mol. The first-order valence-corrected chi connectivity index (χ1v) is 8.95. The molecule has 22 heavy (non-hydrogen) atoms. The van der Waals surface area contributed by atoms with Gasteiger partial charge < -0.3 is 5.32 Å². The van der Waals surface area contributed by atoms with Gasteiger partial charge in [-0.1, -0.05) is 56.9 Å². The number of hydrazone groups is 1. The van der Waals surface area contributed by atoms with Crippen LogP contribution in [0.3, 0.4) is 0 Å². The first kappa shape index (κ1) is 17.0. The fourth-order valence-corrected chi connectivity index (χ4v) is 3.00. The normalized spacial score (nSPS) is 24.2. The van der Waals surface area contributed by atoms with Gasteiger partial charge in [0.15, 0.2) is 0 Å². The van der Waals surface area contributed by atoms with Crippen LogP contribution < -0.4 is 10.7 Å². The Labute approximate surface area is 135 Å². The van der Waals surface area contributed by atoms with E-state index in [4.69, 9.17) is 0 Å². The summed E-state index contributed by atoms with van der Waals surface area (Å²) in [6.45, 7) is 3.14. The molecule has 0 heterocycles. The number of nitrogens with one attached hydrogen (secondary N) is 2. The van der Waals surface area contributed by atoms with Gasteiger partial charge in [0.1, 0.15) is 0 Å². The molecule has 0 atom stereocenters. The average Bonchev–Trinajstić information content (AvgIpc) is 2.52. The van der Waals surface area contributed by atoms with Crippen LogP contribution >= 0.6 is 0 Å². The van der Waals surface area contributed by atoms with Gasteiger partial charge in [-0.2, -0.15) is 5.10 Å². The molecule has 2 rings (SSSR count). The molecule has 0 aromatic rings. The van der Waals surface area contributed by atoms with Crippen LogP contribution in [0.25, 0.3) is 0 Å². The molecule has 0 radical (unpaired) electrons. The molecule has 2 N–H and O–H groups in total. The second kappa shape index (κ2) is 10.4. The Morgan fingerprint density at radius 3 is 2.77 bits per heavy atom. The van der Waals surface area contributed by atoms with Crippen molar-refractivity contribution in [3.05, 3.63) is 36.1 Å². The number of nitrogens with zero attached hydrogens (tertiary/aromatic N) is 1. The first-order chi connectivity index (χ1) is 10.9. The molecular formula is C19H31N3. The van der Waals surface area contributed by atoms with Crippen LogP contribution in [0.2, 0.25) is 0 Å². The molecule has 0 saturated heterocycles. The number of rotatable bonds is 7. The lowest BCUT2D eigenvalue weighted by Crippen LogP contribution is -2.35. The highest BCUT2D eigenvalue weighted by molar-refractivity contribution is 5.86. The van der Waals surface area contributed by atoms with Crippen LogP contribution in [0.5, 0.6) is 0 Å². The third-order valence-electron chi connectivity index (χ3n) is 4.29. The Morgan fingerprint density at radius 2 is 1.95 bits per heavy atom. The molecule has 0 aromatic heterocycles. The van der Waals surface area contributed by atoms with Crippen molar-refractivity contribution in [2.45, 2.75) is 70.8 Å². The van der Waals surface area contributed by atoms with Gasteiger partial charge in [-0.3, -0.25) is 5.43 Å². The van der Waals surface area contributed by atoms with Crippen LogP contribution in [-0.4, -0.2) is 18.3 Å². The highest BCUT2D eigenvalue weighted by atomic mass is 15.3. The van der Waals surface area contributed by atoms with Crippen molar-refractivity contribution in [1.29, 1.82) is 0 Å². The van der Waals surface area contributed by atoms with Crippen molar-refractivity contribution < 1.29 is 0 Å². The van der Waals surface area contributed by atoms with Crippen LogP contribution in [0, 0.1) is 0 Å². The molecule has 0 spiro atoms. The van der Waals surface area contributed by atoms with Gasteiger partial charge in [0.2, 0.25) is 0 Å². The first-order valence-electron chi connectivity index (χ1n) is 8.95. The fraction of sp³-hybridized carbons (Fsp3) is 0.632. The summed E-state index contributed by atoms with van der Waals surface area (Å²) in [5.41, 5.74) is 5.59. The van der Waals surface area contributed by atoms with Crippen molar-refractivity contribution in [2.24, 2.45) is 5.10 Å². The summed E-state index contributed by atoms with van der Waals surface area (Å²) in [6.07, 6.45) is 21.9. The van der Waals surface area contributed by atoms with Crippen molar-refractivity contribution in [3.63, 3.8) is 0 Å². The Bertz CT molecular complexity index is 426. The van der Waals surface area contributed by atoms with Crippen LogP contribution in [0.4, 0.5) is 0 Å². The average molecular weight is 301 g/mol. The van der Waals surface area contributed by atoms with Gasteiger partial charge in [-0.15, -0.1) is 0 Å². The van der Waals surface area contributed by atoms with Crippen molar-refractivity contribution in [2.75, 3.05) is 6.54 Å². The van der Waals surface area contributed by atoms with E-state index >= 15 is 0 Å². The Morgan fingerprint density at radius 1 is 1.14 bits per heavy atom. The van der Waals surface area contributed by atoms with E-state index in [0.717, 1.165) is 37.9 Å². The maximum atomic E-state index is 4.65. The van der Waals surface area contributed by atoms with E-state index in [0.29, 0.717) is 6.04 Å². The predicted octanol–water partition coefficient (Wildman–Crippen LogP) is 4.44. The van der Waals surface area contributed by atoms with Gasteiger partial charge in [-0.05, 0) is 38.2 Å². The highest BCUT2D eigenvalue weighted by Crippen LogP contribution is 2.17. The molecule has 0 unspecified atom stereocenters. The Kier molecular flexibility index (Phi) is 8.03. The van der Waals surface area contributed by atoms with Gasteiger partial charge in [0.05, 0.1) is 11.4 Å². The summed E-state index contributed by atoms with van der Waals surface area (Å²) in [5.74, 6) is 0. The van der Waals surface area contributed by atoms with E-state index < -0.39 is 0 Å². The van der Waals surface area contributed by atoms with Crippen molar-refractivity contribution in [3.8, 4) is 0 Å². The third-order valence-corrected chi connectivity index (χ3v) is 4.29. The molecule has 122 valence electrons. The molecule has 0 bridgehead atoms. The van der Waals surface area contributed by atoms with Gasteiger partial charge in [0, 0.05) is 12.6 Å². The summed E-state index contributed by atoms with van der Waals surface area (Å²) in [7, 11) is 0.